The monoisotopic (exact) mass is 685 g/mol. The largest absolute Gasteiger partial charge is 0.497 e. The summed E-state index contributed by atoms with van der Waals surface area (Å²) in [5.41, 5.74) is 1.76. The van der Waals surface area contributed by atoms with E-state index in [2.05, 4.69) is 75.9 Å². The molecule has 0 radical (unpaired) electrons. The van der Waals surface area contributed by atoms with Crippen LogP contribution in [0.15, 0.2) is 122 Å². The lowest BCUT2D eigenvalue weighted by Crippen LogP contribution is -2.67. The van der Waals surface area contributed by atoms with Crippen molar-refractivity contribution in [1.29, 1.82) is 0 Å². The number of benzene rings is 4. The van der Waals surface area contributed by atoms with E-state index in [1.165, 1.54) is 10.4 Å². The number of hydrogen-bond acceptors (Lipinski definition) is 5. The van der Waals surface area contributed by atoms with Crippen molar-refractivity contribution in [3.8, 4) is 11.5 Å². The average molecular weight is 686 g/mol. The van der Waals surface area contributed by atoms with Gasteiger partial charge in [-0.2, -0.15) is 4.31 Å². The molecule has 0 saturated heterocycles. The van der Waals surface area contributed by atoms with E-state index in [0.29, 0.717) is 19.3 Å². The lowest BCUT2D eigenvalue weighted by molar-refractivity contribution is 0.192. The smallest absolute Gasteiger partial charge is 0.261 e. The van der Waals surface area contributed by atoms with Crippen LogP contribution < -0.4 is 19.8 Å². The quantitative estimate of drug-likeness (QED) is 0.0841. The van der Waals surface area contributed by atoms with E-state index in [-0.39, 0.29) is 24.2 Å². The molecule has 4 aromatic rings. The van der Waals surface area contributed by atoms with Gasteiger partial charge in [0.15, 0.2) is 0 Å². The van der Waals surface area contributed by atoms with Gasteiger partial charge in [0, 0.05) is 19.2 Å². The summed E-state index contributed by atoms with van der Waals surface area (Å²) in [7, 11) is -3.47. The Morgan fingerprint density at radius 1 is 0.750 bits per heavy atom. The standard InChI is InChI=1S/C40H51NO5SSi/c1-8-9-16-37(29-32(2)46-48(40(3,4)5,38-17-12-10-13-18-38)39-19-14-11-15-20-39)47(42,43)41(30-33-21-25-35(44-6)26-22-33)31-34-23-27-36(45-7)28-24-34/h8,10-15,17-28,32,37H,1,9,16,29-31H2,2-7H3/t32-,37+/m1/s1. The average Bonchev–Trinajstić information content (AvgIpc) is 3.09. The molecule has 0 unspecified atom stereocenters. The van der Waals surface area contributed by atoms with Gasteiger partial charge in [0.05, 0.1) is 19.5 Å². The summed E-state index contributed by atoms with van der Waals surface area (Å²) in [6, 6.07) is 36.1. The highest BCUT2D eigenvalue weighted by Crippen LogP contribution is 2.38. The van der Waals surface area contributed by atoms with Gasteiger partial charge in [-0.05, 0) is 77.0 Å². The Hall–Kier alpha value is -3.69. The molecule has 0 fully saturated rings. The zero-order chi connectivity index (χ0) is 34.8. The number of rotatable bonds is 17. The molecule has 0 aliphatic rings. The van der Waals surface area contributed by atoms with Crippen molar-refractivity contribution in [2.75, 3.05) is 14.2 Å². The molecule has 256 valence electrons. The number of sulfonamides is 1. The molecule has 6 nitrogen and oxygen atoms in total. The van der Waals surface area contributed by atoms with E-state index in [0.717, 1.165) is 22.6 Å². The van der Waals surface area contributed by atoms with E-state index in [4.69, 9.17) is 13.9 Å². The highest BCUT2D eigenvalue weighted by molar-refractivity contribution is 7.89. The fourth-order valence-corrected chi connectivity index (χ4v) is 13.2. The van der Waals surface area contributed by atoms with Gasteiger partial charge in [-0.25, -0.2) is 8.42 Å². The lowest BCUT2D eigenvalue weighted by atomic mass is 10.1. The second-order valence-corrected chi connectivity index (χ2v) is 19.8. The van der Waals surface area contributed by atoms with Crippen LogP contribution in [-0.2, 0) is 27.5 Å². The van der Waals surface area contributed by atoms with E-state index in [1.807, 2.05) is 67.6 Å². The summed E-state index contributed by atoms with van der Waals surface area (Å²) in [4.78, 5) is 0. The second kappa shape index (κ2) is 16.6. The summed E-state index contributed by atoms with van der Waals surface area (Å²) in [5.74, 6) is 1.45. The van der Waals surface area contributed by atoms with Gasteiger partial charge in [0.25, 0.3) is 8.32 Å². The summed E-state index contributed by atoms with van der Waals surface area (Å²) in [6.45, 7) is 13.1. The summed E-state index contributed by atoms with van der Waals surface area (Å²) in [5, 5.41) is 1.43. The molecule has 0 N–H and O–H groups in total. The molecule has 0 bridgehead atoms. The van der Waals surface area contributed by atoms with Crippen LogP contribution in [0.1, 0.15) is 58.1 Å². The van der Waals surface area contributed by atoms with Crippen LogP contribution in [0.3, 0.4) is 0 Å². The molecule has 0 amide bonds. The first-order chi connectivity index (χ1) is 22.9. The Labute approximate surface area is 289 Å². The SMILES string of the molecule is C=CCC[C@@H](C[C@@H](C)O[Si](c1ccccc1)(c1ccccc1)C(C)(C)C)S(=O)(=O)N(Cc1ccc(OC)cc1)Cc1ccc(OC)cc1. The van der Waals surface area contributed by atoms with Crippen LogP contribution in [-0.4, -0.2) is 46.6 Å². The van der Waals surface area contributed by atoms with Crippen LogP contribution in [0.4, 0.5) is 0 Å². The number of methoxy groups -OCH3 is 2. The third kappa shape index (κ3) is 8.85. The van der Waals surface area contributed by atoms with Crippen molar-refractivity contribution in [1.82, 2.24) is 4.31 Å². The molecular weight excluding hydrogens is 635 g/mol. The Bertz CT molecular complexity index is 1580. The van der Waals surface area contributed by atoms with Gasteiger partial charge in [-0.3, -0.25) is 0 Å². The first-order valence-corrected chi connectivity index (χ1v) is 20.0. The van der Waals surface area contributed by atoms with Crippen molar-refractivity contribution >= 4 is 28.7 Å². The van der Waals surface area contributed by atoms with Crippen molar-refractivity contribution in [3.05, 3.63) is 133 Å². The minimum atomic E-state index is -3.82. The maximum Gasteiger partial charge on any atom is 0.261 e. The molecule has 0 heterocycles. The van der Waals surface area contributed by atoms with E-state index in [9.17, 15) is 8.42 Å². The molecule has 2 atom stereocenters. The van der Waals surface area contributed by atoms with Gasteiger partial charge in [0.1, 0.15) is 11.5 Å². The highest BCUT2D eigenvalue weighted by Gasteiger charge is 2.51. The van der Waals surface area contributed by atoms with Gasteiger partial charge < -0.3 is 13.9 Å². The fraction of sp³-hybridized carbons (Fsp3) is 0.350. The van der Waals surface area contributed by atoms with Crippen LogP contribution in [0.2, 0.25) is 5.04 Å². The molecule has 4 rings (SSSR count). The molecule has 0 saturated carbocycles. The topological polar surface area (TPSA) is 65.1 Å². The Kier molecular flexibility index (Phi) is 12.9. The second-order valence-electron chi connectivity index (χ2n) is 13.3. The van der Waals surface area contributed by atoms with E-state index in [1.54, 1.807) is 24.6 Å². The first kappa shape index (κ1) is 37.1. The van der Waals surface area contributed by atoms with Crippen LogP contribution in [0.5, 0.6) is 11.5 Å². The molecule has 48 heavy (non-hydrogen) atoms. The van der Waals surface area contributed by atoms with Crippen molar-refractivity contribution in [2.45, 2.75) is 76.4 Å². The predicted molar refractivity (Wildman–Crippen MR) is 200 cm³/mol. The maximum atomic E-state index is 14.8. The van der Waals surface area contributed by atoms with Gasteiger partial charge in [-0.15, -0.1) is 6.58 Å². The van der Waals surface area contributed by atoms with Crippen LogP contribution in [0, 0.1) is 0 Å². The molecular formula is C40H51NO5SSi. The van der Waals surface area contributed by atoms with Gasteiger partial charge in [0.2, 0.25) is 10.0 Å². The summed E-state index contributed by atoms with van der Waals surface area (Å²) < 4.78 is 49.3. The van der Waals surface area contributed by atoms with Crippen molar-refractivity contribution in [2.24, 2.45) is 0 Å². The zero-order valence-electron chi connectivity index (χ0n) is 29.3. The fourth-order valence-electron chi connectivity index (χ4n) is 6.42. The molecule has 0 aliphatic heterocycles. The minimum absolute atomic E-state index is 0.228. The highest BCUT2D eigenvalue weighted by atomic mass is 32.2. The summed E-state index contributed by atoms with van der Waals surface area (Å²) in [6.07, 6.45) is 2.83. The van der Waals surface area contributed by atoms with Crippen LogP contribution >= 0.6 is 0 Å². The third-order valence-corrected chi connectivity index (χ3v) is 16.3. The van der Waals surface area contributed by atoms with E-state index >= 15 is 0 Å². The molecule has 0 spiro atoms. The van der Waals surface area contributed by atoms with Gasteiger partial charge >= 0.3 is 0 Å². The first-order valence-electron chi connectivity index (χ1n) is 16.6. The Balaban J connectivity index is 1.72. The third-order valence-electron chi connectivity index (χ3n) is 8.90. The predicted octanol–water partition coefficient (Wildman–Crippen LogP) is 7.73. The number of nitrogens with zero attached hydrogens (tertiary/aromatic N) is 1. The zero-order valence-corrected chi connectivity index (χ0v) is 31.1. The van der Waals surface area contributed by atoms with Gasteiger partial charge in [-0.1, -0.05) is 112 Å². The molecule has 0 aromatic heterocycles. The van der Waals surface area contributed by atoms with E-state index < -0.39 is 23.6 Å². The minimum Gasteiger partial charge on any atom is -0.497 e. The van der Waals surface area contributed by atoms with Crippen LogP contribution in [0.25, 0.3) is 0 Å². The summed E-state index contributed by atoms with van der Waals surface area (Å²) >= 11 is 0. The number of hydrogen-bond donors (Lipinski definition) is 0. The Morgan fingerprint density at radius 3 is 1.56 bits per heavy atom. The molecule has 4 aromatic carbocycles. The number of ether oxygens (including phenoxy) is 2. The van der Waals surface area contributed by atoms with Crippen molar-refractivity contribution in [3.63, 3.8) is 0 Å². The Morgan fingerprint density at radius 2 is 1.19 bits per heavy atom. The normalized spacial score (nSPS) is 13.6. The molecule has 8 heteroatoms. The molecule has 0 aliphatic carbocycles. The lowest BCUT2D eigenvalue weighted by Gasteiger charge is -2.45. The van der Waals surface area contributed by atoms with Crippen molar-refractivity contribution < 1.29 is 22.3 Å². The number of allylic oxidation sites excluding steroid dienone is 1. The maximum absolute atomic E-state index is 14.8.